The molecule has 0 unspecified atom stereocenters. The number of likely N-dealkylation sites (tertiary alicyclic amines) is 1. The summed E-state index contributed by atoms with van der Waals surface area (Å²) in [4.78, 5) is 2.51. The Morgan fingerprint density at radius 1 is 1.33 bits per heavy atom. The Morgan fingerprint density at radius 3 is 2.73 bits per heavy atom. The van der Waals surface area contributed by atoms with Crippen LogP contribution in [0.1, 0.15) is 12.0 Å². The SMILES string of the molecule is Nc1ccc(CN2C[C@@H]3C[C@H]2CO3)cc1. The van der Waals surface area contributed by atoms with Gasteiger partial charge in [0.15, 0.2) is 0 Å². The number of nitrogens with zero attached hydrogens (tertiary/aromatic N) is 1. The summed E-state index contributed by atoms with van der Waals surface area (Å²) in [5.74, 6) is 0. The van der Waals surface area contributed by atoms with Gasteiger partial charge in [-0.25, -0.2) is 0 Å². The number of rotatable bonds is 2. The van der Waals surface area contributed by atoms with Crippen LogP contribution in [0.2, 0.25) is 0 Å². The van der Waals surface area contributed by atoms with Crippen molar-refractivity contribution in [3.63, 3.8) is 0 Å². The lowest BCUT2D eigenvalue weighted by Gasteiger charge is -2.26. The van der Waals surface area contributed by atoms with Crippen LogP contribution in [0.15, 0.2) is 24.3 Å². The minimum Gasteiger partial charge on any atom is -0.399 e. The maximum atomic E-state index is 5.66. The highest BCUT2D eigenvalue weighted by Crippen LogP contribution is 2.29. The van der Waals surface area contributed by atoms with Crippen molar-refractivity contribution in [3.05, 3.63) is 29.8 Å². The summed E-state index contributed by atoms with van der Waals surface area (Å²) in [6.45, 7) is 3.04. The lowest BCUT2D eigenvalue weighted by Crippen LogP contribution is -2.36. The zero-order valence-corrected chi connectivity index (χ0v) is 8.73. The van der Waals surface area contributed by atoms with Crippen LogP contribution in [0.5, 0.6) is 0 Å². The van der Waals surface area contributed by atoms with Gasteiger partial charge < -0.3 is 10.5 Å². The van der Waals surface area contributed by atoms with Gasteiger partial charge in [0.25, 0.3) is 0 Å². The van der Waals surface area contributed by atoms with Crippen molar-refractivity contribution in [2.45, 2.75) is 25.1 Å². The number of hydrogen-bond acceptors (Lipinski definition) is 3. The summed E-state index contributed by atoms with van der Waals surface area (Å²) in [5.41, 5.74) is 7.84. The van der Waals surface area contributed by atoms with E-state index in [9.17, 15) is 0 Å². The van der Waals surface area contributed by atoms with E-state index in [1.54, 1.807) is 0 Å². The van der Waals surface area contributed by atoms with Gasteiger partial charge in [0.1, 0.15) is 0 Å². The van der Waals surface area contributed by atoms with Gasteiger partial charge in [-0.2, -0.15) is 0 Å². The van der Waals surface area contributed by atoms with E-state index >= 15 is 0 Å². The average molecular weight is 204 g/mol. The quantitative estimate of drug-likeness (QED) is 0.737. The molecule has 3 rings (SSSR count). The van der Waals surface area contributed by atoms with Gasteiger partial charge >= 0.3 is 0 Å². The summed E-state index contributed by atoms with van der Waals surface area (Å²) in [7, 11) is 0. The van der Waals surface area contributed by atoms with Gasteiger partial charge in [0.05, 0.1) is 12.7 Å². The van der Waals surface area contributed by atoms with Gasteiger partial charge in [-0.15, -0.1) is 0 Å². The minimum absolute atomic E-state index is 0.490. The van der Waals surface area contributed by atoms with E-state index in [4.69, 9.17) is 10.5 Å². The molecule has 2 bridgehead atoms. The third-order valence-electron chi connectivity index (χ3n) is 3.38. The summed E-state index contributed by atoms with van der Waals surface area (Å²) in [6.07, 6.45) is 1.71. The second-order valence-corrected chi connectivity index (χ2v) is 4.52. The van der Waals surface area contributed by atoms with Crippen molar-refractivity contribution in [3.8, 4) is 0 Å². The normalized spacial score (nSPS) is 29.9. The van der Waals surface area contributed by atoms with Crippen LogP contribution in [0.4, 0.5) is 5.69 Å². The monoisotopic (exact) mass is 204 g/mol. The molecule has 2 atom stereocenters. The molecule has 0 spiro atoms. The zero-order chi connectivity index (χ0) is 10.3. The lowest BCUT2D eigenvalue weighted by atomic mass is 10.2. The highest BCUT2D eigenvalue weighted by Gasteiger charge is 2.38. The largest absolute Gasteiger partial charge is 0.399 e. The average Bonchev–Trinajstić information content (AvgIpc) is 2.83. The predicted molar refractivity (Wildman–Crippen MR) is 59.4 cm³/mol. The third kappa shape index (κ3) is 1.73. The molecular formula is C12H16N2O. The van der Waals surface area contributed by atoms with Crippen LogP contribution >= 0.6 is 0 Å². The Kier molecular flexibility index (Phi) is 2.15. The number of nitrogen functional groups attached to an aromatic ring is 1. The fraction of sp³-hybridized carbons (Fsp3) is 0.500. The lowest BCUT2D eigenvalue weighted by molar-refractivity contribution is 0.0273. The Morgan fingerprint density at radius 2 is 2.13 bits per heavy atom. The molecule has 15 heavy (non-hydrogen) atoms. The smallest absolute Gasteiger partial charge is 0.0718 e. The van der Waals surface area contributed by atoms with E-state index in [1.165, 1.54) is 12.0 Å². The van der Waals surface area contributed by atoms with E-state index in [0.29, 0.717) is 12.1 Å². The molecule has 80 valence electrons. The van der Waals surface area contributed by atoms with Gasteiger partial charge in [0, 0.05) is 24.8 Å². The molecule has 2 fully saturated rings. The maximum absolute atomic E-state index is 5.66. The van der Waals surface area contributed by atoms with Crippen LogP contribution in [-0.4, -0.2) is 30.2 Å². The van der Waals surface area contributed by atoms with E-state index in [-0.39, 0.29) is 0 Å². The highest BCUT2D eigenvalue weighted by molar-refractivity contribution is 5.39. The molecule has 2 N–H and O–H groups in total. The van der Waals surface area contributed by atoms with Crippen LogP contribution in [0.25, 0.3) is 0 Å². The Balaban J connectivity index is 1.68. The van der Waals surface area contributed by atoms with E-state index in [0.717, 1.165) is 25.4 Å². The van der Waals surface area contributed by atoms with Crippen molar-refractivity contribution in [1.82, 2.24) is 4.90 Å². The number of nitrogens with two attached hydrogens (primary N) is 1. The minimum atomic E-state index is 0.490. The van der Waals surface area contributed by atoms with E-state index in [2.05, 4.69) is 17.0 Å². The van der Waals surface area contributed by atoms with Crippen molar-refractivity contribution in [1.29, 1.82) is 0 Å². The number of anilines is 1. The number of benzene rings is 1. The van der Waals surface area contributed by atoms with Crippen molar-refractivity contribution in [2.24, 2.45) is 0 Å². The van der Waals surface area contributed by atoms with Gasteiger partial charge in [-0.05, 0) is 24.1 Å². The van der Waals surface area contributed by atoms with E-state index < -0.39 is 0 Å². The molecule has 2 aliphatic rings. The Labute approximate surface area is 89.8 Å². The van der Waals surface area contributed by atoms with Crippen LogP contribution in [-0.2, 0) is 11.3 Å². The fourth-order valence-electron chi connectivity index (χ4n) is 2.53. The molecular weight excluding hydrogens is 188 g/mol. The Hall–Kier alpha value is -1.06. The zero-order valence-electron chi connectivity index (χ0n) is 8.73. The predicted octanol–water partition coefficient (Wildman–Crippen LogP) is 1.24. The molecule has 2 heterocycles. The van der Waals surface area contributed by atoms with Crippen LogP contribution in [0.3, 0.4) is 0 Å². The molecule has 1 aromatic rings. The summed E-state index contributed by atoms with van der Waals surface area (Å²) in [5, 5.41) is 0. The maximum Gasteiger partial charge on any atom is 0.0718 e. The first-order valence-electron chi connectivity index (χ1n) is 5.51. The number of morpholine rings is 1. The number of hydrogen-bond donors (Lipinski definition) is 1. The van der Waals surface area contributed by atoms with Gasteiger partial charge in [-0.1, -0.05) is 12.1 Å². The van der Waals surface area contributed by atoms with Crippen molar-refractivity contribution >= 4 is 5.69 Å². The van der Waals surface area contributed by atoms with Gasteiger partial charge in [-0.3, -0.25) is 4.90 Å². The number of ether oxygens (including phenoxy) is 1. The highest BCUT2D eigenvalue weighted by atomic mass is 16.5. The first kappa shape index (κ1) is 9.19. The molecule has 1 aromatic carbocycles. The number of fused-ring (bicyclic) bond motifs is 2. The second-order valence-electron chi connectivity index (χ2n) is 4.52. The molecule has 0 saturated carbocycles. The van der Waals surface area contributed by atoms with E-state index in [1.807, 2.05) is 12.1 Å². The second kappa shape index (κ2) is 3.51. The molecule has 0 amide bonds. The van der Waals surface area contributed by atoms with Crippen molar-refractivity contribution < 1.29 is 4.74 Å². The Bertz CT molecular complexity index is 349. The van der Waals surface area contributed by atoms with Gasteiger partial charge in [0.2, 0.25) is 0 Å². The third-order valence-corrected chi connectivity index (χ3v) is 3.38. The van der Waals surface area contributed by atoms with Crippen LogP contribution < -0.4 is 5.73 Å². The molecule has 0 aliphatic carbocycles. The molecule has 3 nitrogen and oxygen atoms in total. The topological polar surface area (TPSA) is 38.5 Å². The van der Waals surface area contributed by atoms with Crippen LogP contribution in [0, 0.1) is 0 Å². The molecule has 2 aliphatic heterocycles. The molecule has 2 saturated heterocycles. The molecule has 3 heteroatoms. The molecule has 0 aromatic heterocycles. The summed E-state index contributed by atoms with van der Waals surface area (Å²) in [6, 6.07) is 8.82. The first-order chi connectivity index (χ1) is 7.31. The summed E-state index contributed by atoms with van der Waals surface area (Å²) < 4.78 is 5.58. The molecule has 0 radical (unpaired) electrons. The summed E-state index contributed by atoms with van der Waals surface area (Å²) >= 11 is 0. The standard InChI is InChI=1S/C12H16N2O/c13-10-3-1-9(2-4-10)6-14-7-12-5-11(14)8-15-12/h1-4,11-12H,5-8,13H2/t11-,12-/m0/s1. The fourth-order valence-corrected chi connectivity index (χ4v) is 2.53. The first-order valence-corrected chi connectivity index (χ1v) is 5.51. The van der Waals surface area contributed by atoms with Crippen molar-refractivity contribution in [2.75, 3.05) is 18.9 Å².